The van der Waals surface area contributed by atoms with Crippen molar-refractivity contribution in [3.63, 3.8) is 0 Å². The van der Waals surface area contributed by atoms with Crippen LogP contribution in [0.4, 0.5) is 5.69 Å². The number of hydrogen-bond acceptors (Lipinski definition) is 3. The molecule has 0 aliphatic rings. The Hall–Kier alpha value is -1.55. The summed E-state index contributed by atoms with van der Waals surface area (Å²) >= 11 is 0. The Morgan fingerprint density at radius 2 is 1.77 bits per heavy atom. The van der Waals surface area contributed by atoms with Crippen LogP contribution in [-0.2, 0) is 9.53 Å². The molecule has 1 atom stereocenters. The summed E-state index contributed by atoms with van der Waals surface area (Å²) in [7, 11) is 0. The van der Waals surface area contributed by atoms with Crippen molar-refractivity contribution >= 4 is 11.6 Å². The van der Waals surface area contributed by atoms with E-state index in [2.05, 4.69) is 12.2 Å². The predicted octanol–water partition coefficient (Wildman–Crippen LogP) is 4.24. The molecule has 1 aromatic carbocycles. The third-order valence-electron chi connectivity index (χ3n) is 3.79. The zero-order valence-electron chi connectivity index (χ0n) is 14.7. The number of aryl methyl sites for hydroxylation is 2. The molecule has 0 radical (unpaired) electrons. The summed E-state index contributed by atoms with van der Waals surface area (Å²) in [5, 5.41) is 2.96. The molecule has 1 amide bonds. The lowest BCUT2D eigenvalue weighted by molar-refractivity contribution is -0.139. The third-order valence-corrected chi connectivity index (χ3v) is 3.79. The maximum atomic E-state index is 12.5. The molecule has 0 spiro atoms. The summed E-state index contributed by atoms with van der Waals surface area (Å²) in [5.74, 6) is 0.792. The molecule has 0 saturated carbocycles. The molecule has 0 bridgehead atoms. The SMILES string of the molecule is CCCOc1c(C)cc(NC(=O)[C@@](C)(CC)OCC)cc1C. The van der Waals surface area contributed by atoms with Gasteiger partial charge in [0.2, 0.25) is 0 Å². The summed E-state index contributed by atoms with van der Waals surface area (Å²) in [6.45, 7) is 13.0. The van der Waals surface area contributed by atoms with Gasteiger partial charge in [-0.3, -0.25) is 4.79 Å². The van der Waals surface area contributed by atoms with Gasteiger partial charge in [-0.05, 0) is 63.8 Å². The van der Waals surface area contributed by atoms with E-state index in [4.69, 9.17) is 9.47 Å². The van der Waals surface area contributed by atoms with Crippen molar-refractivity contribution in [1.82, 2.24) is 0 Å². The van der Waals surface area contributed by atoms with Crippen LogP contribution in [0, 0.1) is 13.8 Å². The first-order valence-corrected chi connectivity index (χ1v) is 8.07. The van der Waals surface area contributed by atoms with Gasteiger partial charge < -0.3 is 14.8 Å². The van der Waals surface area contributed by atoms with E-state index in [1.807, 2.05) is 46.8 Å². The Balaban J connectivity index is 2.92. The fourth-order valence-electron chi connectivity index (χ4n) is 2.36. The third kappa shape index (κ3) is 4.47. The number of rotatable bonds is 8. The molecule has 4 nitrogen and oxygen atoms in total. The van der Waals surface area contributed by atoms with Crippen LogP contribution in [0.5, 0.6) is 5.75 Å². The number of hydrogen-bond donors (Lipinski definition) is 1. The molecule has 0 unspecified atom stereocenters. The summed E-state index contributed by atoms with van der Waals surface area (Å²) in [6.07, 6.45) is 1.60. The quantitative estimate of drug-likeness (QED) is 0.781. The Labute approximate surface area is 134 Å². The summed E-state index contributed by atoms with van der Waals surface area (Å²) in [4.78, 5) is 12.5. The molecule has 0 saturated heterocycles. The Bertz CT molecular complexity index is 490. The zero-order valence-corrected chi connectivity index (χ0v) is 14.7. The average Bonchev–Trinajstić information content (AvgIpc) is 2.46. The van der Waals surface area contributed by atoms with Crippen molar-refractivity contribution < 1.29 is 14.3 Å². The second-order valence-corrected chi connectivity index (χ2v) is 5.76. The molecule has 4 heteroatoms. The van der Waals surface area contributed by atoms with E-state index in [-0.39, 0.29) is 5.91 Å². The van der Waals surface area contributed by atoms with Crippen molar-refractivity contribution in [2.45, 2.75) is 60.0 Å². The molecule has 1 aromatic rings. The molecule has 1 rings (SSSR count). The first-order chi connectivity index (χ1) is 10.4. The van der Waals surface area contributed by atoms with Gasteiger partial charge >= 0.3 is 0 Å². The molecule has 0 aliphatic heterocycles. The normalized spacial score (nSPS) is 13.5. The van der Waals surface area contributed by atoms with Crippen molar-refractivity contribution in [3.8, 4) is 5.75 Å². The number of amides is 1. The molecule has 22 heavy (non-hydrogen) atoms. The van der Waals surface area contributed by atoms with E-state index < -0.39 is 5.60 Å². The van der Waals surface area contributed by atoms with Crippen LogP contribution in [0.15, 0.2) is 12.1 Å². The minimum atomic E-state index is -0.798. The largest absolute Gasteiger partial charge is 0.493 e. The molecule has 124 valence electrons. The van der Waals surface area contributed by atoms with E-state index in [1.165, 1.54) is 0 Å². The smallest absolute Gasteiger partial charge is 0.256 e. The Morgan fingerprint density at radius 1 is 1.18 bits per heavy atom. The van der Waals surface area contributed by atoms with Gasteiger partial charge in [0, 0.05) is 12.3 Å². The fraction of sp³-hybridized carbons (Fsp3) is 0.611. The van der Waals surface area contributed by atoms with Crippen LogP contribution in [0.3, 0.4) is 0 Å². The van der Waals surface area contributed by atoms with Crippen LogP contribution in [0.2, 0.25) is 0 Å². The zero-order chi connectivity index (χ0) is 16.8. The van der Waals surface area contributed by atoms with Crippen LogP contribution in [0.1, 0.15) is 51.7 Å². The highest BCUT2D eigenvalue weighted by atomic mass is 16.5. The van der Waals surface area contributed by atoms with Crippen LogP contribution < -0.4 is 10.1 Å². The van der Waals surface area contributed by atoms with E-state index in [1.54, 1.807) is 0 Å². The molecular weight excluding hydrogens is 278 g/mol. The maximum absolute atomic E-state index is 12.5. The van der Waals surface area contributed by atoms with Gasteiger partial charge in [-0.15, -0.1) is 0 Å². The lowest BCUT2D eigenvalue weighted by atomic mass is 10.0. The minimum Gasteiger partial charge on any atom is -0.493 e. The number of anilines is 1. The van der Waals surface area contributed by atoms with Gasteiger partial charge in [0.25, 0.3) is 5.91 Å². The van der Waals surface area contributed by atoms with E-state index >= 15 is 0 Å². The second kappa shape index (κ2) is 8.18. The molecular formula is C18H29NO3. The first kappa shape index (κ1) is 18.5. The Kier molecular flexibility index (Phi) is 6.88. The summed E-state index contributed by atoms with van der Waals surface area (Å²) in [6, 6.07) is 3.88. The highest BCUT2D eigenvalue weighted by Gasteiger charge is 2.32. The molecule has 0 aliphatic carbocycles. The lowest BCUT2D eigenvalue weighted by Gasteiger charge is -2.27. The van der Waals surface area contributed by atoms with Crippen molar-refractivity contribution in [2.24, 2.45) is 0 Å². The van der Waals surface area contributed by atoms with Gasteiger partial charge in [-0.25, -0.2) is 0 Å². The summed E-state index contributed by atoms with van der Waals surface area (Å²) in [5.41, 5.74) is 2.04. The molecule has 0 aromatic heterocycles. The van der Waals surface area contributed by atoms with Gasteiger partial charge in [-0.1, -0.05) is 13.8 Å². The van der Waals surface area contributed by atoms with Crippen molar-refractivity contribution in [1.29, 1.82) is 0 Å². The van der Waals surface area contributed by atoms with Crippen LogP contribution in [-0.4, -0.2) is 24.7 Å². The summed E-state index contributed by atoms with van der Waals surface area (Å²) < 4.78 is 11.4. The van der Waals surface area contributed by atoms with Crippen molar-refractivity contribution in [2.75, 3.05) is 18.5 Å². The lowest BCUT2D eigenvalue weighted by Crippen LogP contribution is -2.42. The first-order valence-electron chi connectivity index (χ1n) is 8.07. The highest BCUT2D eigenvalue weighted by molar-refractivity contribution is 5.97. The molecule has 0 heterocycles. The number of ether oxygens (including phenoxy) is 2. The van der Waals surface area contributed by atoms with Crippen molar-refractivity contribution in [3.05, 3.63) is 23.3 Å². The van der Waals surface area contributed by atoms with E-state index in [0.29, 0.717) is 19.6 Å². The number of nitrogens with one attached hydrogen (secondary N) is 1. The van der Waals surface area contributed by atoms with Gasteiger partial charge in [0.1, 0.15) is 11.4 Å². The van der Waals surface area contributed by atoms with Gasteiger partial charge in [0.15, 0.2) is 0 Å². The molecule has 1 N–H and O–H groups in total. The monoisotopic (exact) mass is 307 g/mol. The van der Waals surface area contributed by atoms with E-state index in [0.717, 1.165) is 29.0 Å². The number of carbonyl (C=O) groups excluding carboxylic acids is 1. The standard InChI is InChI=1S/C18H29NO3/c1-7-10-21-16-13(4)11-15(12-14(16)5)19-17(20)18(6,8-2)22-9-3/h11-12H,7-10H2,1-6H3,(H,19,20)/t18-/m1/s1. The van der Waals surface area contributed by atoms with Gasteiger partial charge in [0.05, 0.1) is 6.61 Å². The van der Waals surface area contributed by atoms with E-state index in [9.17, 15) is 4.79 Å². The number of carbonyl (C=O) groups is 1. The van der Waals surface area contributed by atoms with Crippen LogP contribution in [0.25, 0.3) is 0 Å². The molecule has 0 fully saturated rings. The van der Waals surface area contributed by atoms with Crippen LogP contribution >= 0.6 is 0 Å². The average molecular weight is 307 g/mol. The Morgan fingerprint density at radius 3 is 2.23 bits per heavy atom. The number of benzene rings is 1. The highest BCUT2D eigenvalue weighted by Crippen LogP contribution is 2.28. The topological polar surface area (TPSA) is 47.6 Å². The predicted molar refractivity (Wildman–Crippen MR) is 90.7 cm³/mol. The fourth-order valence-corrected chi connectivity index (χ4v) is 2.36. The second-order valence-electron chi connectivity index (χ2n) is 5.76. The van der Waals surface area contributed by atoms with Gasteiger partial charge in [-0.2, -0.15) is 0 Å². The minimum absolute atomic E-state index is 0.113. The maximum Gasteiger partial charge on any atom is 0.256 e.